The molecule has 0 aromatic heterocycles. The van der Waals surface area contributed by atoms with Gasteiger partial charge in [0.1, 0.15) is 0 Å². The molecule has 1 aliphatic carbocycles. The molecule has 0 fully saturated rings. The Kier molecular flexibility index (Phi) is 12.4. The second-order valence-corrected chi connectivity index (χ2v) is 1.88. The minimum absolute atomic E-state index is 0.956. The average Bonchev–Trinajstić information content (AvgIpc) is 2.34. The summed E-state index contributed by atoms with van der Waals surface area (Å²) in [5.74, 6) is 0. The van der Waals surface area contributed by atoms with Crippen LogP contribution in [-0.4, -0.2) is 0 Å². The van der Waals surface area contributed by atoms with Crippen LogP contribution >= 0.6 is 0 Å². The molecule has 0 N–H and O–H groups in total. The van der Waals surface area contributed by atoms with Crippen molar-refractivity contribution in [2.45, 2.75) is 27.7 Å². The third kappa shape index (κ3) is 5.22. The number of hydrogen-bond donors (Lipinski definition) is 0. The predicted octanol–water partition coefficient (Wildman–Crippen LogP) is 4.59. The Labute approximate surface area is 88.4 Å². The van der Waals surface area contributed by atoms with E-state index in [9.17, 15) is 0 Å². The lowest BCUT2D eigenvalue weighted by atomic mass is 10.1. The van der Waals surface area contributed by atoms with E-state index in [1.54, 1.807) is 12.2 Å². The molecule has 14 heavy (non-hydrogen) atoms. The molecule has 0 heterocycles. The van der Waals surface area contributed by atoms with Crippen molar-refractivity contribution in [3.8, 4) is 0 Å². The van der Waals surface area contributed by atoms with E-state index in [2.05, 4.69) is 24.6 Å². The highest BCUT2D eigenvalue weighted by Crippen LogP contribution is 2.12. The fourth-order valence-corrected chi connectivity index (χ4v) is 0.760. The molecule has 0 aliphatic heterocycles. The largest absolute Gasteiger partial charge is 0.0984 e. The molecule has 0 amide bonds. The molecule has 1 rings (SSSR count). The first kappa shape index (κ1) is 15.0. The minimum atomic E-state index is 0.956. The Morgan fingerprint density at radius 2 is 1.64 bits per heavy atom. The van der Waals surface area contributed by atoms with Crippen molar-refractivity contribution in [3.05, 3.63) is 60.1 Å². The van der Waals surface area contributed by atoms with Crippen LogP contribution in [-0.2, 0) is 0 Å². The van der Waals surface area contributed by atoms with Gasteiger partial charge in [-0.15, -0.1) is 0 Å². The molecule has 0 spiro atoms. The number of rotatable bonds is 2. The van der Waals surface area contributed by atoms with Crippen molar-refractivity contribution in [1.82, 2.24) is 0 Å². The maximum Gasteiger partial charge on any atom is 0.0315 e. The lowest BCUT2D eigenvalue weighted by molar-refractivity contribution is 1.50. The molecule has 0 bridgehead atoms. The summed E-state index contributed by atoms with van der Waals surface area (Å²) < 4.78 is 0. The lowest BCUT2D eigenvalue weighted by Crippen LogP contribution is -1.80. The Morgan fingerprint density at radius 3 is 2.00 bits per heavy atom. The van der Waals surface area contributed by atoms with Gasteiger partial charge in [0.2, 0.25) is 0 Å². The summed E-state index contributed by atoms with van der Waals surface area (Å²) in [7, 11) is 0. The second kappa shape index (κ2) is 11.5. The lowest BCUT2D eigenvalue weighted by Gasteiger charge is -1.98. The first-order valence-corrected chi connectivity index (χ1v) is 5.05. The average molecular weight is 188 g/mol. The molecule has 0 aromatic rings. The highest BCUT2D eigenvalue weighted by Gasteiger charge is 1.94. The van der Waals surface area contributed by atoms with Gasteiger partial charge in [0.15, 0.2) is 0 Å². The van der Waals surface area contributed by atoms with E-state index in [1.165, 1.54) is 0 Å². The summed E-state index contributed by atoms with van der Waals surface area (Å²) >= 11 is 0. The highest BCUT2D eigenvalue weighted by atomic mass is 14.0. The number of allylic oxidation sites excluding steroid dienone is 6. The SMILES string of the molecule is C=CC1=C=C=CC=C1C=C.CC.CC. The predicted molar refractivity (Wildman–Crippen MR) is 66.3 cm³/mol. The monoisotopic (exact) mass is 188 g/mol. The van der Waals surface area contributed by atoms with E-state index in [4.69, 9.17) is 0 Å². The van der Waals surface area contributed by atoms with Crippen LogP contribution in [0.3, 0.4) is 0 Å². The topological polar surface area (TPSA) is 0 Å². The normalized spacial score (nSPS) is 10.9. The van der Waals surface area contributed by atoms with Crippen LogP contribution in [0.2, 0.25) is 0 Å². The second-order valence-electron chi connectivity index (χ2n) is 1.88. The van der Waals surface area contributed by atoms with Gasteiger partial charge in [-0.3, -0.25) is 0 Å². The fraction of sp³-hybridized carbons (Fsp3) is 0.286. The van der Waals surface area contributed by atoms with E-state index in [1.807, 2.05) is 39.8 Å². The van der Waals surface area contributed by atoms with Crippen molar-refractivity contribution in [1.29, 1.82) is 0 Å². The van der Waals surface area contributed by atoms with Crippen molar-refractivity contribution < 1.29 is 0 Å². The van der Waals surface area contributed by atoms with Crippen LogP contribution in [0.1, 0.15) is 27.7 Å². The Morgan fingerprint density at radius 1 is 1.07 bits per heavy atom. The molecule has 0 atom stereocenters. The molecule has 1 aliphatic rings. The first-order valence-electron chi connectivity index (χ1n) is 5.05. The van der Waals surface area contributed by atoms with Crippen LogP contribution in [0.5, 0.6) is 0 Å². The standard InChI is InChI=1S/C10H8.2C2H6/c1-3-9-7-5-6-8-10(9)4-2;2*1-2/h3-5,7H,1-2H2;2*1-2H3. The van der Waals surface area contributed by atoms with Gasteiger partial charge in [-0.25, -0.2) is 0 Å². The van der Waals surface area contributed by atoms with Gasteiger partial charge in [0.25, 0.3) is 0 Å². The van der Waals surface area contributed by atoms with Gasteiger partial charge in [-0.05, 0) is 17.7 Å². The zero-order chi connectivity index (χ0) is 11.4. The highest BCUT2D eigenvalue weighted by molar-refractivity contribution is 5.48. The van der Waals surface area contributed by atoms with Crippen LogP contribution in [0.25, 0.3) is 0 Å². The maximum atomic E-state index is 3.66. The zero-order valence-electron chi connectivity index (χ0n) is 9.72. The van der Waals surface area contributed by atoms with E-state index in [0.29, 0.717) is 0 Å². The van der Waals surface area contributed by atoms with Crippen molar-refractivity contribution >= 4 is 0 Å². The van der Waals surface area contributed by atoms with Gasteiger partial charge in [-0.1, -0.05) is 64.5 Å². The molecular weight excluding hydrogens is 168 g/mol. The van der Waals surface area contributed by atoms with Crippen LogP contribution in [0.15, 0.2) is 60.1 Å². The summed E-state index contributed by atoms with van der Waals surface area (Å²) in [5.41, 5.74) is 7.77. The quantitative estimate of drug-likeness (QED) is 0.556. The molecule has 0 aromatic carbocycles. The van der Waals surface area contributed by atoms with Crippen LogP contribution < -0.4 is 0 Å². The minimum Gasteiger partial charge on any atom is -0.0984 e. The fourth-order valence-electron chi connectivity index (χ4n) is 0.760. The van der Waals surface area contributed by atoms with Crippen molar-refractivity contribution in [2.24, 2.45) is 0 Å². The first-order chi connectivity index (χ1) is 6.88. The molecule has 76 valence electrons. The van der Waals surface area contributed by atoms with Crippen molar-refractivity contribution in [3.63, 3.8) is 0 Å². The van der Waals surface area contributed by atoms with E-state index in [0.717, 1.165) is 11.1 Å². The van der Waals surface area contributed by atoms with Crippen LogP contribution in [0.4, 0.5) is 0 Å². The van der Waals surface area contributed by atoms with Gasteiger partial charge < -0.3 is 0 Å². The van der Waals surface area contributed by atoms with Crippen molar-refractivity contribution in [2.75, 3.05) is 0 Å². The molecule has 0 saturated heterocycles. The Hall–Kier alpha value is -1.48. The van der Waals surface area contributed by atoms with E-state index in [-0.39, 0.29) is 0 Å². The van der Waals surface area contributed by atoms with E-state index < -0.39 is 0 Å². The summed E-state index contributed by atoms with van der Waals surface area (Å²) in [4.78, 5) is 0. The van der Waals surface area contributed by atoms with Gasteiger partial charge in [0.05, 0.1) is 0 Å². The smallest absolute Gasteiger partial charge is 0.0315 e. The maximum absolute atomic E-state index is 3.66. The number of hydrogen-bond acceptors (Lipinski definition) is 0. The third-order valence-corrected chi connectivity index (χ3v) is 1.29. The van der Waals surface area contributed by atoms with Gasteiger partial charge in [-0.2, -0.15) is 0 Å². The van der Waals surface area contributed by atoms with Crippen LogP contribution in [0, 0.1) is 0 Å². The molecule has 0 unspecified atom stereocenters. The molecule has 0 saturated carbocycles. The molecule has 0 heteroatoms. The van der Waals surface area contributed by atoms with Gasteiger partial charge in [0, 0.05) is 5.57 Å². The van der Waals surface area contributed by atoms with Gasteiger partial charge >= 0.3 is 0 Å². The molecular formula is C14H20. The Balaban J connectivity index is 0. The zero-order valence-corrected chi connectivity index (χ0v) is 9.72. The summed E-state index contributed by atoms with van der Waals surface area (Å²) in [5, 5.41) is 0. The Bertz CT molecular complexity index is 288. The molecule has 0 nitrogen and oxygen atoms in total. The summed E-state index contributed by atoms with van der Waals surface area (Å²) in [6.07, 6.45) is 7.26. The molecule has 0 radical (unpaired) electrons. The third-order valence-electron chi connectivity index (χ3n) is 1.29. The summed E-state index contributed by atoms with van der Waals surface area (Å²) in [6.45, 7) is 15.3. The van der Waals surface area contributed by atoms with E-state index >= 15 is 0 Å². The summed E-state index contributed by atoms with van der Waals surface area (Å²) in [6, 6.07) is 0.